The van der Waals surface area contributed by atoms with Gasteiger partial charge in [-0.05, 0) is 62.2 Å². The van der Waals surface area contributed by atoms with Crippen molar-refractivity contribution in [3.05, 3.63) is 12.2 Å². The molecule has 0 aromatic rings. The summed E-state index contributed by atoms with van der Waals surface area (Å²) in [5.74, 6) is 5.32. The zero-order valence-corrected chi connectivity index (χ0v) is 8.95. The van der Waals surface area contributed by atoms with Crippen LogP contribution in [-0.4, -0.2) is 11.2 Å². The molecule has 4 saturated carbocycles. The Kier molecular flexibility index (Phi) is 1.82. The summed E-state index contributed by atoms with van der Waals surface area (Å²) in [6.45, 7) is 5.74. The minimum absolute atomic E-state index is 0.245. The topological polar surface area (TPSA) is 20.2 Å². The van der Waals surface area contributed by atoms with Crippen LogP contribution in [0.5, 0.6) is 0 Å². The molecule has 0 aromatic heterocycles. The molecule has 0 heterocycles. The molecule has 0 aliphatic heterocycles. The summed E-state index contributed by atoms with van der Waals surface area (Å²) >= 11 is 0. The van der Waals surface area contributed by atoms with Crippen molar-refractivity contribution in [1.29, 1.82) is 0 Å². The van der Waals surface area contributed by atoms with Gasteiger partial charge in [0.2, 0.25) is 0 Å². The molecule has 0 aromatic carbocycles. The normalized spacial score (nSPS) is 49.4. The molecule has 4 rings (SSSR count). The van der Waals surface area contributed by atoms with E-state index in [1.165, 1.54) is 19.3 Å². The molecule has 4 aliphatic carbocycles. The highest BCUT2D eigenvalue weighted by atomic mass is 16.3. The first-order chi connectivity index (χ1) is 6.68. The first-order valence-electron chi connectivity index (χ1n) is 6.02. The van der Waals surface area contributed by atoms with Crippen LogP contribution in [0.1, 0.15) is 32.6 Å². The Morgan fingerprint density at radius 2 is 2.07 bits per heavy atom. The molecule has 1 heteroatoms. The van der Waals surface area contributed by atoms with E-state index in [1.807, 2.05) is 6.92 Å². The largest absolute Gasteiger partial charge is 0.389 e. The van der Waals surface area contributed by atoms with Gasteiger partial charge < -0.3 is 5.11 Å². The van der Waals surface area contributed by atoms with Gasteiger partial charge in [-0.2, -0.15) is 0 Å². The van der Waals surface area contributed by atoms with Gasteiger partial charge in [0.15, 0.2) is 0 Å². The first-order valence-corrected chi connectivity index (χ1v) is 6.02. The van der Waals surface area contributed by atoms with Crippen LogP contribution < -0.4 is 0 Å². The van der Waals surface area contributed by atoms with Crippen LogP contribution >= 0.6 is 0 Å². The zero-order chi connectivity index (χ0) is 9.87. The predicted octanol–water partition coefficient (Wildman–Crippen LogP) is 2.61. The average molecular weight is 192 g/mol. The van der Waals surface area contributed by atoms with Gasteiger partial charge in [-0.15, -0.1) is 0 Å². The van der Waals surface area contributed by atoms with E-state index in [-0.39, 0.29) is 6.10 Å². The summed E-state index contributed by atoms with van der Waals surface area (Å²) in [5, 5.41) is 9.69. The molecular weight excluding hydrogens is 172 g/mol. The van der Waals surface area contributed by atoms with Gasteiger partial charge in [-0.1, -0.05) is 12.2 Å². The van der Waals surface area contributed by atoms with Crippen molar-refractivity contribution in [3.63, 3.8) is 0 Å². The summed E-state index contributed by atoms with van der Waals surface area (Å²) in [6.07, 6.45) is 4.99. The standard InChI is InChI=1S/C13H20O/c1-7(2)12(14)4-3-9-8-5-10-11(6-8)13(9)10/h8-14H,1,3-6H2,2H3. The fourth-order valence-electron chi connectivity index (χ4n) is 4.26. The van der Waals surface area contributed by atoms with E-state index in [0.29, 0.717) is 0 Å². The molecule has 0 radical (unpaired) electrons. The van der Waals surface area contributed by atoms with Crippen LogP contribution in [0, 0.1) is 29.6 Å². The molecule has 4 fully saturated rings. The molecule has 4 unspecified atom stereocenters. The quantitative estimate of drug-likeness (QED) is 0.679. The Labute approximate surface area is 86.2 Å². The molecule has 0 amide bonds. The van der Waals surface area contributed by atoms with Gasteiger partial charge >= 0.3 is 0 Å². The van der Waals surface area contributed by atoms with Crippen LogP contribution in [0.3, 0.4) is 0 Å². The number of rotatable bonds is 4. The van der Waals surface area contributed by atoms with E-state index in [4.69, 9.17) is 0 Å². The lowest BCUT2D eigenvalue weighted by atomic mass is 9.91. The highest BCUT2D eigenvalue weighted by molar-refractivity contribution is 5.16. The lowest BCUT2D eigenvalue weighted by Crippen LogP contribution is -2.12. The fraction of sp³-hybridized carbons (Fsp3) is 0.846. The molecule has 14 heavy (non-hydrogen) atoms. The van der Waals surface area contributed by atoms with Crippen LogP contribution in [0.15, 0.2) is 12.2 Å². The number of aliphatic hydroxyl groups is 1. The Balaban J connectivity index is 1.53. The van der Waals surface area contributed by atoms with Gasteiger partial charge in [-0.3, -0.25) is 0 Å². The third-order valence-electron chi connectivity index (χ3n) is 4.99. The second-order valence-electron chi connectivity index (χ2n) is 5.74. The van der Waals surface area contributed by atoms with E-state index in [2.05, 4.69) is 6.58 Å². The summed E-state index contributed by atoms with van der Waals surface area (Å²) < 4.78 is 0. The molecule has 0 saturated heterocycles. The van der Waals surface area contributed by atoms with Crippen molar-refractivity contribution in [2.24, 2.45) is 29.6 Å². The molecule has 4 aliphatic rings. The van der Waals surface area contributed by atoms with Crippen molar-refractivity contribution in [3.8, 4) is 0 Å². The van der Waals surface area contributed by atoms with Gasteiger partial charge in [0.25, 0.3) is 0 Å². The van der Waals surface area contributed by atoms with Gasteiger partial charge in [-0.25, -0.2) is 0 Å². The summed E-state index contributed by atoms with van der Waals surface area (Å²) in [7, 11) is 0. The predicted molar refractivity (Wildman–Crippen MR) is 56.7 cm³/mol. The minimum atomic E-state index is -0.245. The second kappa shape index (κ2) is 2.85. The Morgan fingerprint density at radius 3 is 2.50 bits per heavy atom. The summed E-state index contributed by atoms with van der Waals surface area (Å²) in [4.78, 5) is 0. The monoisotopic (exact) mass is 192 g/mol. The van der Waals surface area contributed by atoms with Gasteiger partial charge in [0.05, 0.1) is 6.10 Å². The number of aliphatic hydroxyl groups excluding tert-OH is 1. The Morgan fingerprint density at radius 1 is 1.43 bits per heavy atom. The second-order valence-corrected chi connectivity index (χ2v) is 5.74. The van der Waals surface area contributed by atoms with Crippen molar-refractivity contribution in [1.82, 2.24) is 0 Å². The highest BCUT2D eigenvalue weighted by Crippen LogP contribution is 2.74. The van der Waals surface area contributed by atoms with Crippen LogP contribution in [0.4, 0.5) is 0 Å². The molecule has 0 spiro atoms. The lowest BCUT2D eigenvalue weighted by molar-refractivity contribution is 0.183. The third kappa shape index (κ3) is 1.11. The van der Waals surface area contributed by atoms with Crippen molar-refractivity contribution >= 4 is 0 Å². The maximum atomic E-state index is 9.69. The molecule has 1 nitrogen and oxygen atoms in total. The van der Waals surface area contributed by atoms with Crippen LogP contribution in [0.25, 0.3) is 0 Å². The maximum absolute atomic E-state index is 9.69. The lowest BCUT2D eigenvalue weighted by Gasteiger charge is -2.17. The van der Waals surface area contributed by atoms with E-state index < -0.39 is 0 Å². The van der Waals surface area contributed by atoms with Crippen LogP contribution in [0.2, 0.25) is 0 Å². The van der Waals surface area contributed by atoms with Crippen molar-refractivity contribution < 1.29 is 5.11 Å². The molecular formula is C13H20O. The molecule has 78 valence electrons. The number of hydrogen-bond donors (Lipinski definition) is 1. The van der Waals surface area contributed by atoms with Crippen molar-refractivity contribution in [2.45, 2.75) is 38.7 Å². The minimum Gasteiger partial charge on any atom is -0.389 e. The highest BCUT2D eigenvalue weighted by Gasteiger charge is 2.67. The van der Waals surface area contributed by atoms with E-state index >= 15 is 0 Å². The maximum Gasteiger partial charge on any atom is 0.0744 e. The fourth-order valence-corrected chi connectivity index (χ4v) is 4.26. The van der Waals surface area contributed by atoms with E-state index in [1.54, 1.807) is 0 Å². The molecule has 1 N–H and O–H groups in total. The third-order valence-corrected chi connectivity index (χ3v) is 4.99. The number of hydrogen-bond acceptors (Lipinski definition) is 1. The van der Waals surface area contributed by atoms with Crippen molar-refractivity contribution in [2.75, 3.05) is 0 Å². The van der Waals surface area contributed by atoms with Gasteiger partial charge in [0, 0.05) is 0 Å². The molecule has 4 bridgehead atoms. The first kappa shape index (κ1) is 8.96. The summed E-state index contributed by atoms with van der Waals surface area (Å²) in [6, 6.07) is 0. The smallest absolute Gasteiger partial charge is 0.0744 e. The summed E-state index contributed by atoms with van der Waals surface area (Å²) in [5.41, 5.74) is 0.933. The SMILES string of the molecule is C=C(C)C(O)CCC1C2CC3C(C2)C13. The van der Waals surface area contributed by atoms with E-state index in [0.717, 1.165) is 41.6 Å². The van der Waals surface area contributed by atoms with Crippen LogP contribution in [-0.2, 0) is 0 Å². The average Bonchev–Trinajstić information content (AvgIpc) is 2.60. The Hall–Kier alpha value is -0.300. The Bertz CT molecular complexity index is 256. The zero-order valence-electron chi connectivity index (χ0n) is 8.95. The van der Waals surface area contributed by atoms with E-state index in [9.17, 15) is 5.11 Å². The van der Waals surface area contributed by atoms with Gasteiger partial charge in [0.1, 0.15) is 0 Å². The molecule has 4 atom stereocenters.